The molecule has 0 spiro atoms. The van der Waals surface area contributed by atoms with Gasteiger partial charge in [-0.3, -0.25) is 4.79 Å². The molecule has 100 valence electrons. The molecular formula is C13H20N2O3. The summed E-state index contributed by atoms with van der Waals surface area (Å²) in [4.78, 5) is 12.1. The maximum absolute atomic E-state index is 12.1. The van der Waals surface area contributed by atoms with Crippen LogP contribution < -0.4 is 5.32 Å². The van der Waals surface area contributed by atoms with Gasteiger partial charge in [0.2, 0.25) is 0 Å². The Morgan fingerprint density at radius 1 is 1.56 bits per heavy atom. The minimum atomic E-state index is -0.710. The van der Waals surface area contributed by atoms with E-state index in [0.29, 0.717) is 23.6 Å². The minimum Gasteiger partial charge on any atom is -0.388 e. The fourth-order valence-corrected chi connectivity index (χ4v) is 2.15. The number of nitrogens with one attached hydrogen (secondary N) is 1. The molecule has 5 nitrogen and oxygen atoms in total. The average molecular weight is 252 g/mol. The van der Waals surface area contributed by atoms with Crippen molar-refractivity contribution in [1.29, 1.82) is 0 Å². The topological polar surface area (TPSA) is 75.4 Å². The third kappa shape index (κ3) is 2.41. The van der Waals surface area contributed by atoms with Crippen LogP contribution in [0.5, 0.6) is 0 Å². The van der Waals surface area contributed by atoms with Crippen LogP contribution in [0, 0.1) is 6.92 Å². The summed E-state index contributed by atoms with van der Waals surface area (Å²) in [6.45, 7) is 5.96. The molecule has 1 saturated carbocycles. The minimum absolute atomic E-state index is 0.110. The Labute approximate surface area is 107 Å². The van der Waals surface area contributed by atoms with Crippen LogP contribution in [0.4, 0.5) is 0 Å². The number of aryl methyl sites for hydroxylation is 1. The summed E-state index contributed by atoms with van der Waals surface area (Å²) >= 11 is 0. The highest BCUT2D eigenvalue weighted by Crippen LogP contribution is 2.31. The number of hydrogen-bond donors (Lipinski definition) is 2. The molecule has 0 unspecified atom stereocenters. The third-order valence-corrected chi connectivity index (χ3v) is 3.50. The van der Waals surface area contributed by atoms with Crippen molar-refractivity contribution in [2.24, 2.45) is 0 Å². The van der Waals surface area contributed by atoms with Crippen molar-refractivity contribution in [3.63, 3.8) is 0 Å². The molecule has 1 fully saturated rings. The van der Waals surface area contributed by atoms with Crippen molar-refractivity contribution in [3.8, 4) is 0 Å². The summed E-state index contributed by atoms with van der Waals surface area (Å²) in [5.74, 6) is 0.502. The smallest absolute Gasteiger partial charge is 0.256 e. The second-order valence-corrected chi connectivity index (χ2v) is 5.42. The monoisotopic (exact) mass is 252 g/mol. The van der Waals surface area contributed by atoms with Gasteiger partial charge in [-0.1, -0.05) is 19.0 Å². The van der Waals surface area contributed by atoms with Gasteiger partial charge in [-0.15, -0.1) is 0 Å². The molecule has 1 aromatic rings. The molecule has 1 amide bonds. The molecular weight excluding hydrogens is 232 g/mol. The van der Waals surface area contributed by atoms with Crippen LogP contribution in [0.2, 0.25) is 0 Å². The summed E-state index contributed by atoms with van der Waals surface area (Å²) in [6, 6.07) is 0. The Hall–Kier alpha value is -1.36. The lowest BCUT2D eigenvalue weighted by Gasteiger charge is -2.36. The van der Waals surface area contributed by atoms with Gasteiger partial charge in [0.05, 0.1) is 11.3 Å². The number of amides is 1. The van der Waals surface area contributed by atoms with Gasteiger partial charge in [0.25, 0.3) is 5.91 Å². The van der Waals surface area contributed by atoms with E-state index in [-0.39, 0.29) is 11.8 Å². The number of carbonyl (C=O) groups is 1. The molecule has 5 heteroatoms. The lowest BCUT2D eigenvalue weighted by atomic mass is 9.80. The lowest BCUT2D eigenvalue weighted by molar-refractivity contribution is -0.0300. The number of nitrogens with zero attached hydrogens (tertiary/aromatic N) is 1. The van der Waals surface area contributed by atoms with Gasteiger partial charge < -0.3 is 14.9 Å². The Balaban J connectivity index is 2.06. The molecule has 0 bridgehead atoms. The number of aromatic nitrogens is 1. The van der Waals surface area contributed by atoms with Crippen LogP contribution in [0.1, 0.15) is 60.8 Å². The first-order valence-electron chi connectivity index (χ1n) is 6.40. The van der Waals surface area contributed by atoms with E-state index in [4.69, 9.17) is 4.52 Å². The van der Waals surface area contributed by atoms with E-state index in [1.165, 1.54) is 0 Å². The van der Waals surface area contributed by atoms with Crippen molar-refractivity contribution in [3.05, 3.63) is 17.0 Å². The summed E-state index contributed by atoms with van der Waals surface area (Å²) in [6.07, 6.45) is 2.54. The fourth-order valence-electron chi connectivity index (χ4n) is 2.15. The molecule has 1 aliphatic carbocycles. The van der Waals surface area contributed by atoms with Crippen molar-refractivity contribution in [2.75, 3.05) is 6.54 Å². The largest absolute Gasteiger partial charge is 0.388 e. The maximum atomic E-state index is 12.1. The average Bonchev–Trinajstić information content (AvgIpc) is 2.65. The van der Waals surface area contributed by atoms with Gasteiger partial charge in [0, 0.05) is 12.5 Å². The highest BCUT2D eigenvalue weighted by molar-refractivity contribution is 5.96. The van der Waals surface area contributed by atoms with E-state index in [9.17, 15) is 9.90 Å². The van der Waals surface area contributed by atoms with Gasteiger partial charge in [0.15, 0.2) is 5.76 Å². The quantitative estimate of drug-likeness (QED) is 0.856. The lowest BCUT2D eigenvalue weighted by Crippen LogP contribution is -2.47. The molecule has 0 aliphatic heterocycles. The molecule has 1 aliphatic rings. The van der Waals surface area contributed by atoms with E-state index in [1.807, 2.05) is 13.8 Å². The van der Waals surface area contributed by atoms with E-state index in [0.717, 1.165) is 19.3 Å². The molecule has 2 N–H and O–H groups in total. The Kier molecular flexibility index (Phi) is 3.43. The van der Waals surface area contributed by atoms with Crippen LogP contribution in [-0.4, -0.2) is 28.3 Å². The van der Waals surface area contributed by atoms with E-state index in [1.54, 1.807) is 6.92 Å². The zero-order valence-electron chi connectivity index (χ0n) is 11.1. The zero-order chi connectivity index (χ0) is 13.3. The first-order chi connectivity index (χ1) is 8.43. The van der Waals surface area contributed by atoms with Crippen molar-refractivity contribution < 1.29 is 14.4 Å². The molecule has 0 atom stereocenters. The predicted octanol–water partition coefficient (Wildman–Crippen LogP) is 1.75. The van der Waals surface area contributed by atoms with Gasteiger partial charge in [-0.25, -0.2) is 0 Å². The first-order valence-corrected chi connectivity index (χ1v) is 6.40. The number of hydrogen-bond acceptors (Lipinski definition) is 4. The second kappa shape index (κ2) is 4.72. The third-order valence-electron chi connectivity index (χ3n) is 3.50. The summed E-state index contributed by atoms with van der Waals surface area (Å²) in [7, 11) is 0. The highest BCUT2D eigenvalue weighted by atomic mass is 16.5. The summed E-state index contributed by atoms with van der Waals surface area (Å²) in [5, 5.41) is 16.6. The van der Waals surface area contributed by atoms with Crippen molar-refractivity contribution in [1.82, 2.24) is 10.5 Å². The normalized spacial score (nSPS) is 17.6. The maximum Gasteiger partial charge on any atom is 0.256 e. The van der Waals surface area contributed by atoms with Crippen LogP contribution in [-0.2, 0) is 0 Å². The molecule has 1 aromatic heterocycles. The standard InChI is InChI=1S/C13H20N2O3/c1-8(2)11-10(9(3)15-18-11)12(16)14-7-13(17)5-4-6-13/h8,17H,4-7H2,1-3H3,(H,14,16). The molecule has 0 radical (unpaired) electrons. The van der Waals surface area contributed by atoms with E-state index < -0.39 is 5.60 Å². The Bertz CT molecular complexity index is 447. The SMILES string of the molecule is Cc1noc(C(C)C)c1C(=O)NCC1(O)CCC1. The predicted molar refractivity (Wildman–Crippen MR) is 66.5 cm³/mol. The highest BCUT2D eigenvalue weighted by Gasteiger charge is 2.35. The number of carbonyl (C=O) groups excluding carboxylic acids is 1. The van der Waals surface area contributed by atoms with Gasteiger partial charge in [-0.05, 0) is 26.2 Å². The number of rotatable bonds is 4. The zero-order valence-corrected chi connectivity index (χ0v) is 11.1. The fraction of sp³-hybridized carbons (Fsp3) is 0.692. The van der Waals surface area contributed by atoms with Crippen LogP contribution in [0.15, 0.2) is 4.52 Å². The van der Waals surface area contributed by atoms with Crippen molar-refractivity contribution >= 4 is 5.91 Å². The number of aliphatic hydroxyl groups is 1. The molecule has 0 saturated heterocycles. The van der Waals surface area contributed by atoms with Gasteiger partial charge >= 0.3 is 0 Å². The second-order valence-electron chi connectivity index (χ2n) is 5.42. The van der Waals surface area contributed by atoms with Crippen LogP contribution in [0.3, 0.4) is 0 Å². The molecule has 0 aromatic carbocycles. The molecule has 2 rings (SSSR count). The van der Waals surface area contributed by atoms with E-state index in [2.05, 4.69) is 10.5 Å². The Morgan fingerprint density at radius 2 is 2.22 bits per heavy atom. The van der Waals surface area contributed by atoms with Crippen LogP contribution >= 0.6 is 0 Å². The summed E-state index contributed by atoms with van der Waals surface area (Å²) < 4.78 is 5.18. The van der Waals surface area contributed by atoms with Crippen molar-refractivity contribution in [2.45, 2.75) is 51.6 Å². The van der Waals surface area contributed by atoms with Gasteiger partial charge in [-0.2, -0.15) is 0 Å². The molecule has 18 heavy (non-hydrogen) atoms. The first kappa shape index (κ1) is 13.1. The summed E-state index contributed by atoms with van der Waals surface area (Å²) in [5.41, 5.74) is 0.392. The molecule has 1 heterocycles. The van der Waals surface area contributed by atoms with Gasteiger partial charge in [0.1, 0.15) is 5.56 Å². The van der Waals surface area contributed by atoms with E-state index >= 15 is 0 Å². The van der Waals surface area contributed by atoms with Crippen LogP contribution in [0.25, 0.3) is 0 Å². The Morgan fingerprint density at radius 3 is 2.72 bits per heavy atom.